The highest BCUT2D eigenvalue weighted by Gasteiger charge is 2.33. The van der Waals surface area contributed by atoms with Crippen molar-refractivity contribution in [3.8, 4) is 0 Å². The van der Waals surface area contributed by atoms with Crippen molar-refractivity contribution in [3.05, 3.63) is 41.8 Å². The van der Waals surface area contributed by atoms with Crippen molar-refractivity contribution in [3.63, 3.8) is 0 Å². The van der Waals surface area contributed by atoms with Gasteiger partial charge in [-0.15, -0.1) is 0 Å². The van der Waals surface area contributed by atoms with E-state index in [1.807, 2.05) is 6.20 Å². The summed E-state index contributed by atoms with van der Waals surface area (Å²) >= 11 is 0. The predicted molar refractivity (Wildman–Crippen MR) is 97.9 cm³/mol. The first kappa shape index (κ1) is 16.7. The molecule has 2 aromatic rings. The number of ketones is 1. The summed E-state index contributed by atoms with van der Waals surface area (Å²) in [5.74, 6) is 2.32. The lowest BCUT2D eigenvalue weighted by molar-refractivity contribution is -0.121. The zero-order valence-electron chi connectivity index (χ0n) is 14.9. The van der Waals surface area contributed by atoms with Crippen LogP contribution in [0.25, 0.3) is 10.9 Å². The molecule has 0 bridgehead atoms. The van der Waals surface area contributed by atoms with Crippen LogP contribution in [-0.4, -0.2) is 10.8 Å². The minimum absolute atomic E-state index is 0.192. The lowest BCUT2D eigenvalue weighted by Crippen LogP contribution is -2.22. The monoisotopic (exact) mass is 339 g/mol. The van der Waals surface area contributed by atoms with E-state index in [0.717, 1.165) is 43.0 Å². The Bertz CT molecular complexity index is 775. The van der Waals surface area contributed by atoms with Crippen LogP contribution >= 0.6 is 0 Å². The molecular weight excluding hydrogens is 313 g/mol. The molecule has 132 valence electrons. The number of hydrogen-bond acceptors (Lipinski definition) is 2. The maximum Gasteiger partial charge on any atom is 0.136 e. The van der Waals surface area contributed by atoms with Gasteiger partial charge in [-0.3, -0.25) is 9.78 Å². The van der Waals surface area contributed by atoms with Crippen LogP contribution in [0.15, 0.2) is 30.5 Å². The van der Waals surface area contributed by atoms with Crippen LogP contribution in [0, 0.1) is 23.6 Å². The molecule has 2 nitrogen and oxygen atoms in total. The first-order valence-corrected chi connectivity index (χ1v) is 9.68. The fraction of sp³-hybridized carbons (Fsp3) is 0.545. The molecular formula is C22H26FNO. The number of carbonyl (C=O) groups excluding carboxylic acids is 1. The van der Waals surface area contributed by atoms with Gasteiger partial charge >= 0.3 is 0 Å². The fourth-order valence-electron chi connectivity index (χ4n) is 4.55. The predicted octanol–water partition coefficient (Wildman–Crippen LogP) is 5.65. The molecule has 0 amide bonds. The number of pyridine rings is 1. The summed E-state index contributed by atoms with van der Waals surface area (Å²) in [7, 11) is 0. The molecule has 0 saturated heterocycles. The van der Waals surface area contributed by atoms with E-state index in [1.165, 1.54) is 24.5 Å². The number of fused-ring (bicyclic) bond motifs is 1. The standard InChI is InChI=1S/C22H26FNO/c1-14(12-22(25)17-6-7-17)15-2-4-16(5-3-15)19-10-11-24-21-9-8-18(23)13-20(19)21/h8-11,13-17H,2-7,12H2,1H3/t14-,15?,16?/m0/s1. The number of Topliss-reactive ketones (excluding diaryl/α,β-unsaturated/α-hetero) is 1. The summed E-state index contributed by atoms with van der Waals surface area (Å²) in [5.41, 5.74) is 2.12. The van der Waals surface area contributed by atoms with Crippen LogP contribution in [0.3, 0.4) is 0 Å². The second-order valence-electron chi connectivity index (χ2n) is 8.10. The third kappa shape index (κ3) is 3.61. The van der Waals surface area contributed by atoms with E-state index in [1.54, 1.807) is 12.1 Å². The van der Waals surface area contributed by atoms with Gasteiger partial charge in [-0.2, -0.15) is 0 Å². The third-order valence-corrected chi connectivity index (χ3v) is 6.31. The van der Waals surface area contributed by atoms with Crippen molar-refractivity contribution in [2.45, 2.75) is 57.8 Å². The molecule has 1 aromatic carbocycles. The minimum atomic E-state index is -0.192. The Kier molecular flexibility index (Phi) is 4.58. The average Bonchev–Trinajstić information content (AvgIpc) is 3.46. The normalized spacial score (nSPS) is 25.0. The molecule has 0 N–H and O–H groups in total. The highest BCUT2D eigenvalue weighted by molar-refractivity contribution is 5.83. The number of aromatic nitrogens is 1. The maximum atomic E-state index is 13.7. The summed E-state index contributed by atoms with van der Waals surface area (Å²) < 4.78 is 13.7. The van der Waals surface area contributed by atoms with Crippen LogP contribution < -0.4 is 0 Å². The fourth-order valence-corrected chi connectivity index (χ4v) is 4.55. The van der Waals surface area contributed by atoms with Crippen LogP contribution in [0.2, 0.25) is 0 Å². The molecule has 25 heavy (non-hydrogen) atoms. The Labute approximate surface area is 148 Å². The topological polar surface area (TPSA) is 30.0 Å². The molecule has 1 heterocycles. The molecule has 3 heteroatoms. The van der Waals surface area contributed by atoms with E-state index in [9.17, 15) is 9.18 Å². The summed E-state index contributed by atoms with van der Waals surface area (Å²) in [6, 6.07) is 6.94. The van der Waals surface area contributed by atoms with Crippen molar-refractivity contribution in [2.24, 2.45) is 17.8 Å². The summed E-state index contributed by atoms with van der Waals surface area (Å²) in [5, 5.41) is 0.961. The zero-order chi connectivity index (χ0) is 17.4. The van der Waals surface area contributed by atoms with Crippen LogP contribution in [0.4, 0.5) is 4.39 Å². The quantitative estimate of drug-likeness (QED) is 0.704. The number of hydrogen-bond donors (Lipinski definition) is 0. The number of carbonyl (C=O) groups is 1. The molecule has 0 spiro atoms. The SMILES string of the molecule is C[C@@H](CC(=O)C1CC1)C1CCC(c2ccnc3ccc(F)cc23)CC1. The average molecular weight is 339 g/mol. The lowest BCUT2D eigenvalue weighted by Gasteiger charge is -2.32. The smallest absolute Gasteiger partial charge is 0.136 e. The van der Waals surface area contributed by atoms with Gasteiger partial charge < -0.3 is 0 Å². The van der Waals surface area contributed by atoms with Gasteiger partial charge in [-0.1, -0.05) is 6.92 Å². The van der Waals surface area contributed by atoms with E-state index in [4.69, 9.17) is 0 Å². The van der Waals surface area contributed by atoms with Gasteiger partial charge in [-0.05, 0) is 86.1 Å². The van der Waals surface area contributed by atoms with Gasteiger partial charge in [0.1, 0.15) is 11.6 Å². The summed E-state index contributed by atoms with van der Waals surface area (Å²) in [4.78, 5) is 16.5. The molecule has 1 atom stereocenters. The number of rotatable bonds is 5. The third-order valence-electron chi connectivity index (χ3n) is 6.31. The van der Waals surface area contributed by atoms with Crippen molar-refractivity contribution < 1.29 is 9.18 Å². The van der Waals surface area contributed by atoms with E-state index < -0.39 is 0 Å². The van der Waals surface area contributed by atoms with E-state index in [0.29, 0.717) is 29.5 Å². The summed E-state index contributed by atoms with van der Waals surface area (Å²) in [6.45, 7) is 2.25. The number of halogens is 1. The molecule has 2 fully saturated rings. The van der Waals surface area contributed by atoms with Gasteiger partial charge in [0.2, 0.25) is 0 Å². The second kappa shape index (κ2) is 6.86. The first-order chi connectivity index (χ1) is 12.1. The van der Waals surface area contributed by atoms with Gasteiger partial charge in [0.05, 0.1) is 5.52 Å². The Hall–Kier alpha value is -1.77. The van der Waals surface area contributed by atoms with E-state index >= 15 is 0 Å². The molecule has 0 aliphatic heterocycles. The van der Waals surface area contributed by atoms with Crippen molar-refractivity contribution >= 4 is 16.7 Å². The highest BCUT2D eigenvalue weighted by Crippen LogP contribution is 2.42. The van der Waals surface area contributed by atoms with Crippen LogP contribution in [0.5, 0.6) is 0 Å². The Morgan fingerprint density at radius 3 is 2.64 bits per heavy atom. The molecule has 0 unspecified atom stereocenters. The number of nitrogens with zero attached hydrogens (tertiary/aromatic N) is 1. The Morgan fingerprint density at radius 1 is 1.16 bits per heavy atom. The van der Waals surface area contributed by atoms with Crippen molar-refractivity contribution in [2.75, 3.05) is 0 Å². The van der Waals surface area contributed by atoms with Crippen molar-refractivity contribution in [1.82, 2.24) is 4.98 Å². The largest absolute Gasteiger partial charge is 0.299 e. The highest BCUT2D eigenvalue weighted by atomic mass is 19.1. The molecule has 4 rings (SSSR count). The van der Waals surface area contributed by atoms with Crippen LogP contribution in [0.1, 0.15) is 63.4 Å². The van der Waals surface area contributed by atoms with E-state index in [2.05, 4.69) is 18.0 Å². The molecule has 2 aliphatic carbocycles. The van der Waals surface area contributed by atoms with Crippen LogP contribution in [-0.2, 0) is 4.79 Å². The van der Waals surface area contributed by atoms with Gasteiger partial charge in [0.25, 0.3) is 0 Å². The summed E-state index contributed by atoms with van der Waals surface area (Å²) in [6.07, 6.45) is 9.44. The Morgan fingerprint density at radius 2 is 1.92 bits per heavy atom. The molecule has 2 aliphatic rings. The maximum absolute atomic E-state index is 13.7. The lowest BCUT2D eigenvalue weighted by atomic mass is 9.72. The van der Waals surface area contributed by atoms with Crippen molar-refractivity contribution in [1.29, 1.82) is 0 Å². The van der Waals surface area contributed by atoms with Gasteiger partial charge in [0.15, 0.2) is 0 Å². The van der Waals surface area contributed by atoms with E-state index in [-0.39, 0.29) is 5.82 Å². The van der Waals surface area contributed by atoms with Gasteiger partial charge in [-0.25, -0.2) is 4.39 Å². The van der Waals surface area contributed by atoms with Gasteiger partial charge in [0, 0.05) is 23.9 Å². The molecule has 2 saturated carbocycles. The Balaban J connectivity index is 1.43. The number of benzene rings is 1. The first-order valence-electron chi connectivity index (χ1n) is 9.68. The molecule has 1 aromatic heterocycles. The molecule has 0 radical (unpaired) electrons. The minimum Gasteiger partial charge on any atom is -0.299 e. The second-order valence-corrected chi connectivity index (χ2v) is 8.10. The zero-order valence-corrected chi connectivity index (χ0v) is 14.9.